The molecular formula is C27H19N3O8S. The zero-order valence-electron chi connectivity index (χ0n) is 20.5. The first-order valence-corrected chi connectivity index (χ1v) is 12.3. The Bertz CT molecular complexity index is 1800. The number of nitro benzene ring substituents is 1. The lowest BCUT2D eigenvalue weighted by Crippen LogP contribution is -2.39. The van der Waals surface area contributed by atoms with Crippen molar-refractivity contribution < 1.29 is 28.4 Å². The number of furan rings is 1. The Labute approximate surface area is 223 Å². The molecule has 5 rings (SSSR count). The van der Waals surface area contributed by atoms with Crippen molar-refractivity contribution >= 4 is 35.0 Å². The number of benzene rings is 2. The third-order valence-corrected chi connectivity index (χ3v) is 6.94. The second kappa shape index (κ2) is 10.3. The van der Waals surface area contributed by atoms with Crippen LogP contribution in [-0.2, 0) is 9.53 Å². The second-order valence-electron chi connectivity index (χ2n) is 8.36. The van der Waals surface area contributed by atoms with Gasteiger partial charge >= 0.3 is 11.9 Å². The van der Waals surface area contributed by atoms with Crippen LogP contribution in [0.1, 0.15) is 34.6 Å². The summed E-state index contributed by atoms with van der Waals surface area (Å²) in [4.78, 5) is 54.0. The Kier molecular flexibility index (Phi) is 6.77. The number of allylic oxidation sites excluding steroid dienone is 1. The van der Waals surface area contributed by atoms with E-state index in [4.69, 9.17) is 13.9 Å². The lowest BCUT2D eigenvalue weighted by atomic mass is 9.96. The molecule has 39 heavy (non-hydrogen) atoms. The summed E-state index contributed by atoms with van der Waals surface area (Å²) in [6.07, 6.45) is 2.97. The minimum Gasteiger partial charge on any atom is -0.466 e. The standard InChI is InChI=1S/C27H19N3O8S/c1-15-22(26(33)36-2)23(17-7-11-19(12-8-17)38-25(32)20-4-3-13-37-20)29-24(31)21(39-27(29)28-15)14-16-5-9-18(10-6-16)30(34)35/h3-14,23H,1-2H3. The molecule has 4 aromatic rings. The van der Waals surface area contributed by atoms with E-state index in [9.17, 15) is 24.5 Å². The van der Waals surface area contributed by atoms with Gasteiger partial charge in [0.15, 0.2) is 4.80 Å². The van der Waals surface area contributed by atoms with E-state index in [0.29, 0.717) is 26.2 Å². The van der Waals surface area contributed by atoms with E-state index >= 15 is 0 Å². The van der Waals surface area contributed by atoms with E-state index in [2.05, 4.69) is 4.99 Å². The maximum absolute atomic E-state index is 13.6. The van der Waals surface area contributed by atoms with E-state index in [1.807, 2.05) is 0 Å². The SMILES string of the molecule is COC(=O)C1=C(C)N=c2sc(=Cc3ccc([N+](=O)[O-])cc3)c(=O)n2C1c1ccc(OC(=O)c2ccco2)cc1. The summed E-state index contributed by atoms with van der Waals surface area (Å²) in [5, 5.41) is 11.0. The van der Waals surface area contributed by atoms with E-state index in [0.717, 1.165) is 11.3 Å². The molecule has 0 aliphatic carbocycles. The van der Waals surface area contributed by atoms with Crippen molar-refractivity contribution in [1.82, 2.24) is 4.57 Å². The molecule has 1 atom stereocenters. The number of hydrogen-bond donors (Lipinski definition) is 0. The van der Waals surface area contributed by atoms with Gasteiger partial charge in [-0.1, -0.05) is 23.5 Å². The molecule has 11 nitrogen and oxygen atoms in total. The number of methoxy groups -OCH3 is 1. The Balaban J connectivity index is 1.57. The highest BCUT2D eigenvalue weighted by Gasteiger charge is 2.33. The van der Waals surface area contributed by atoms with Gasteiger partial charge in [0.2, 0.25) is 5.76 Å². The fourth-order valence-corrected chi connectivity index (χ4v) is 5.17. The molecule has 0 saturated heterocycles. The summed E-state index contributed by atoms with van der Waals surface area (Å²) >= 11 is 1.13. The van der Waals surface area contributed by atoms with Gasteiger partial charge in [-0.15, -0.1) is 0 Å². The van der Waals surface area contributed by atoms with Gasteiger partial charge in [-0.25, -0.2) is 14.6 Å². The summed E-state index contributed by atoms with van der Waals surface area (Å²) in [5.41, 5.74) is 1.27. The maximum Gasteiger partial charge on any atom is 0.379 e. The van der Waals surface area contributed by atoms with Crippen molar-refractivity contribution in [1.29, 1.82) is 0 Å². The van der Waals surface area contributed by atoms with Crippen molar-refractivity contribution in [3.8, 4) is 5.75 Å². The van der Waals surface area contributed by atoms with Gasteiger partial charge in [0.1, 0.15) is 5.75 Å². The average Bonchev–Trinajstić information content (AvgIpc) is 3.57. The van der Waals surface area contributed by atoms with Gasteiger partial charge in [-0.05, 0) is 60.5 Å². The Hall–Kier alpha value is -5.10. The second-order valence-corrected chi connectivity index (χ2v) is 9.37. The zero-order chi connectivity index (χ0) is 27.7. The molecule has 0 spiro atoms. The third-order valence-electron chi connectivity index (χ3n) is 5.96. The monoisotopic (exact) mass is 545 g/mol. The topological polar surface area (TPSA) is 143 Å². The average molecular weight is 546 g/mol. The van der Waals surface area contributed by atoms with Crippen LogP contribution in [0.5, 0.6) is 5.75 Å². The highest BCUT2D eigenvalue weighted by Crippen LogP contribution is 2.31. The summed E-state index contributed by atoms with van der Waals surface area (Å²) in [6.45, 7) is 1.66. The first-order chi connectivity index (χ1) is 18.8. The van der Waals surface area contributed by atoms with Crippen LogP contribution in [0.4, 0.5) is 5.69 Å². The number of nitro groups is 1. The highest BCUT2D eigenvalue weighted by molar-refractivity contribution is 7.07. The Morgan fingerprint density at radius 3 is 2.44 bits per heavy atom. The number of hydrogen-bond acceptors (Lipinski definition) is 10. The maximum atomic E-state index is 13.6. The number of aromatic nitrogens is 1. The minimum atomic E-state index is -0.859. The van der Waals surface area contributed by atoms with Crippen molar-refractivity contribution in [3.05, 3.63) is 125 Å². The predicted molar refractivity (Wildman–Crippen MR) is 139 cm³/mol. The number of esters is 2. The summed E-state index contributed by atoms with van der Waals surface area (Å²) in [7, 11) is 1.25. The van der Waals surface area contributed by atoms with Gasteiger partial charge in [-0.3, -0.25) is 19.5 Å². The lowest BCUT2D eigenvalue weighted by Gasteiger charge is -2.24. The number of ether oxygens (including phenoxy) is 2. The quantitative estimate of drug-likeness (QED) is 0.156. The summed E-state index contributed by atoms with van der Waals surface area (Å²) in [5.74, 6) is -1.02. The Morgan fingerprint density at radius 1 is 1.10 bits per heavy atom. The molecule has 1 aliphatic rings. The van der Waals surface area contributed by atoms with Crippen molar-refractivity contribution in [2.24, 2.45) is 4.99 Å². The predicted octanol–water partition coefficient (Wildman–Crippen LogP) is 3.13. The van der Waals surface area contributed by atoms with Gasteiger partial charge in [0.25, 0.3) is 11.2 Å². The molecule has 0 bridgehead atoms. The molecule has 0 amide bonds. The number of rotatable bonds is 6. The van der Waals surface area contributed by atoms with Crippen molar-refractivity contribution in [2.45, 2.75) is 13.0 Å². The van der Waals surface area contributed by atoms with E-state index in [1.165, 1.54) is 36.1 Å². The van der Waals surface area contributed by atoms with Crippen LogP contribution in [0, 0.1) is 10.1 Å². The highest BCUT2D eigenvalue weighted by atomic mass is 32.1. The molecule has 0 N–H and O–H groups in total. The van der Waals surface area contributed by atoms with Crippen LogP contribution in [0.15, 0.2) is 92.4 Å². The summed E-state index contributed by atoms with van der Waals surface area (Å²) < 4.78 is 17.1. The van der Waals surface area contributed by atoms with E-state index in [1.54, 1.807) is 55.5 Å². The number of non-ortho nitro benzene ring substituents is 1. The molecule has 3 heterocycles. The molecule has 1 unspecified atom stereocenters. The molecule has 0 radical (unpaired) electrons. The van der Waals surface area contributed by atoms with Gasteiger partial charge in [0, 0.05) is 12.1 Å². The first-order valence-electron chi connectivity index (χ1n) is 11.5. The number of nitrogens with zero attached hydrogens (tertiary/aromatic N) is 3. The van der Waals surface area contributed by atoms with E-state index in [-0.39, 0.29) is 22.8 Å². The van der Waals surface area contributed by atoms with E-state index < -0.39 is 28.5 Å². The fourth-order valence-electron chi connectivity index (χ4n) is 4.12. The van der Waals surface area contributed by atoms with Gasteiger partial charge in [-0.2, -0.15) is 0 Å². The van der Waals surface area contributed by atoms with Crippen LogP contribution < -0.4 is 19.6 Å². The van der Waals surface area contributed by atoms with Crippen LogP contribution >= 0.6 is 11.3 Å². The van der Waals surface area contributed by atoms with Crippen molar-refractivity contribution in [3.63, 3.8) is 0 Å². The van der Waals surface area contributed by atoms with Crippen LogP contribution in [-0.4, -0.2) is 28.5 Å². The molecule has 2 aromatic heterocycles. The minimum absolute atomic E-state index is 0.0470. The first kappa shape index (κ1) is 25.5. The van der Waals surface area contributed by atoms with Gasteiger partial charge in [0.05, 0.1) is 40.1 Å². The van der Waals surface area contributed by atoms with Gasteiger partial charge < -0.3 is 13.9 Å². The molecule has 1 aliphatic heterocycles. The number of carbonyl (C=O) groups is 2. The molecule has 0 saturated carbocycles. The van der Waals surface area contributed by atoms with Crippen LogP contribution in [0.25, 0.3) is 6.08 Å². The largest absolute Gasteiger partial charge is 0.466 e. The third kappa shape index (κ3) is 4.92. The fraction of sp³-hybridized carbons (Fsp3) is 0.111. The molecule has 196 valence electrons. The van der Waals surface area contributed by atoms with Crippen LogP contribution in [0.3, 0.4) is 0 Å². The molecule has 0 fully saturated rings. The number of carbonyl (C=O) groups excluding carboxylic acids is 2. The molecule has 12 heteroatoms. The molecule has 2 aromatic carbocycles. The molecular weight excluding hydrogens is 526 g/mol. The Morgan fingerprint density at radius 2 is 1.82 bits per heavy atom. The number of thiazole rings is 1. The van der Waals surface area contributed by atoms with Crippen LogP contribution in [0.2, 0.25) is 0 Å². The zero-order valence-corrected chi connectivity index (χ0v) is 21.3. The summed E-state index contributed by atoms with van der Waals surface area (Å²) in [6, 6.07) is 14.4. The normalized spacial score (nSPS) is 14.9. The van der Waals surface area contributed by atoms with Crippen molar-refractivity contribution in [2.75, 3.05) is 7.11 Å². The number of fused-ring (bicyclic) bond motifs is 1. The lowest BCUT2D eigenvalue weighted by molar-refractivity contribution is -0.384. The smallest absolute Gasteiger partial charge is 0.379 e.